The Balaban J connectivity index is 1.72. The standard InChI is InChI=1S/C16H19NO2/c1-13-2-6-15(7-3-13)18-10-11-19-16-8-4-14(12-17)5-9-16/h2-9H,10-12,17H2,1H3. The third kappa shape index (κ3) is 4.30. The molecule has 2 rings (SSSR count). The molecule has 0 saturated heterocycles. The van der Waals surface area contributed by atoms with Gasteiger partial charge in [-0.25, -0.2) is 0 Å². The lowest BCUT2D eigenvalue weighted by Crippen LogP contribution is -2.09. The van der Waals surface area contributed by atoms with Gasteiger partial charge in [0.05, 0.1) is 0 Å². The number of nitrogens with two attached hydrogens (primary N) is 1. The minimum absolute atomic E-state index is 0.524. The summed E-state index contributed by atoms with van der Waals surface area (Å²) in [4.78, 5) is 0. The van der Waals surface area contributed by atoms with Crippen molar-refractivity contribution in [3.63, 3.8) is 0 Å². The Labute approximate surface area is 114 Å². The fourth-order valence-corrected chi connectivity index (χ4v) is 1.68. The molecule has 0 bridgehead atoms. The molecule has 19 heavy (non-hydrogen) atoms. The van der Waals surface area contributed by atoms with Crippen molar-refractivity contribution in [2.75, 3.05) is 13.2 Å². The van der Waals surface area contributed by atoms with Crippen LogP contribution in [0.2, 0.25) is 0 Å². The Morgan fingerprint density at radius 2 is 1.26 bits per heavy atom. The summed E-state index contributed by atoms with van der Waals surface area (Å²) in [6.45, 7) is 3.66. The van der Waals surface area contributed by atoms with Gasteiger partial charge in [0.15, 0.2) is 0 Å². The molecule has 0 saturated carbocycles. The zero-order chi connectivity index (χ0) is 13.5. The summed E-state index contributed by atoms with van der Waals surface area (Å²) < 4.78 is 11.2. The molecule has 2 aromatic carbocycles. The van der Waals surface area contributed by atoms with Gasteiger partial charge in [-0.05, 0) is 36.8 Å². The lowest BCUT2D eigenvalue weighted by Gasteiger charge is -2.09. The van der Waals surface area contributed by atoms with Crippen molar-refractivity contribution in [3.8, 4) is 11.5 Å². The van der Waals surface area contributed by atoms with Crippen LogP contribution in [0.4, 0.5) is 0 Å². The molecule has 0 heterocycles. The van der Waals surface area contributed by atoms with E-state index in [-0.39, 0.29) is 0 Å². The average molecular weight is 257 g/mol. The summed E-state index contributed by atoms with van der Waals surface area (Å²) in [5.74, 6) is 1.71. The fraction of sp³-hybridized carbons (Fsp3) is 0.250. The van der Waals surface area contributed by atoms with Crippen LogP contribution in [0.3, 0.4) is 0 Å². The second kappa shape index (κ2) is 6.81. The van der Waals surface area contributed by atoms with Gasteiger partial charge in [-0.1, -0.05) is 29.8 Å². The molecule has 0 aromatic heterocycles. The minimum atomic E-state index is 0.524. The molecule has 0 aliphatic heterocycles. The summed E-state index contributed by atoms with van der Waals surface area (Å²) in [6.07, 6.45) is 0. The van der Waals surface area contributed by atoms with Gasteiger partial charge >= 0.3 is 0 Å². The highest BCUT2D eigenvalue weighted by atomic mass is 16.5. The maximum Gasteiger partial charge on any atom is 0.122 e. The second-order valence-electron chi connectivity index (χ2n) is 4.36. The Morgan fingerprint density at radius 1 is 0.789 bits per heavy atom. The molecule has 3 nitrogen and oxygen atoms in total. The van der Waals surface area contributed by atoms with Crippen LogP contribution in [-0.2, 0) is 6.54 Å². The van der Waals surface area contributed by atoms with Crippen molar-refractivity contribution >= 4 is 0 Å². The molecular weight excluding hydrogens is 238 g/mol. The molecule has 0 aliphatic rings. The predicted molar refractivity (Wildman–Crippen MR) is 76.5 cm³/mol. The number of rotatable bonds is 6. The van der Waals surface area contributed by atoms with E-state index in [4.69, 9.17) is 15.2 Å². The monoisotopic (exact) mass is 257 g/mol. The zero-order valence-electron chi connectivity index (χ0n) is 11.1. The summed E-state index contributed by atoms with van der Waals surface area (Å²) in [6, 6.07) is 15.8. The number of hydrogen-bond donors (Lipinski definition) is 1. The van der Waals surface area contributed by atoms with Crippen LogP contribution >= 0.6 is 0 Å². The number of ether oxygens (including phenoxy) is 2. The highest BCUT2D eigenvalue weighted by Gasteiger charge is 1.96. The van der Waals surface area contributed by atoms with Gasteiger partial charge in [0.25, 0.3) is 0 Å². The summed E-state index contributed by atoms with van der Waals surface area (Å²) in [5.41, 5.74) is 7.86. The predicted octanol–water partition coefficient (Wildman–Crippen LogP) is 2.91. The average Bonchev–Trinajstić information content (AvgIpc) is 2.46. The van der Waals surface area contributed by atoms with Gasteiger partial charge in [-0.2, -0.15) is 0 Å². The first-order valence-corrected chi connectivity index (χ1v) is 6.39. The third-order valence-corrected chi connectivity index (χ3v) is 2.80. The van der Waals surface area contributed by atoms with E-state index in [1.54, 1.807) is 0 Å². The van der Waals surface area contributed by atoms with Crippen molar-refractivity contribution in [2.45, 2.75) is 13.5 Å². The Bertz CT molecular complexity index is 491. The van der Waals surface area contributed by atoms with Crippen LogP contribution in [0.25, 0.3) is 0 Å². The fourth-order valence-electron chi connectivity index (χ4n) is 1.68. The molecule has 0 radical (unpaired) electrons. The molecule has 0 unspecified atom stereocenters. The number of aryl methyl sites for hydroxylation is 1. The first-order chi connectivity index (χ1) is 9.28. The van der Waals surface area contributed by atoms with E-state index >= 15 is 0 Å². The summed E-state index contributed by atoms with van der Waals surface area (Å²) in [5, 5.41) is 0. The van der Waals surface area contributed by atoms with Gasteiger partial charge in [0.2, 0.25) is 0 Å². The zero-order valence-corrected chi connectivity index (χ0v) is 11.1. The van der Waals surface area contributed by atoms with E-state index < -0.39 is 0 Å². The Morgan fingerprint density at radius 3 is 1.74 bits per heavy atom. The van der Waals surface area contributed by atoms with E-state index in [0.717, 1.165) is 17.1 Å². The van der Waals surface area contributed by atoms with E-state index in [2.05, 4.69) is 6.92 Å². The van der Waals surface area contributed by atoms with Gasteiger partial charge in [0.1, 0.15) is 24.7 Å². The van der Waals surface area contributed by atoms with Crippen molar-refractivity contribution in [1.29, 1.82) is 0 Å². The molecule has 0 fully saturated rings. The smallest absolute Gasteiger partial charge is 0.122 e. The van der Waals surface area contributed by atoms with Gasteiger partial charge in [-0.15, -0.1) is 0 Å². The molecule has 100 valence electrons. The van der Waals surface area contributed by atoms with Crippen LogP contribution in [0.15, 0.2) is 48.5 Å². The normalized spacial score (nSPS) is 10.2. The quantitative estimate of drug-likeness (QED) is 0.809. The molecular formula is C16H19NO2. The maximum absolute atomic E-state index is 5.59. The van der Waals surface area contributed by atoms with Crippen LogP contribution in [-0.4, -0.2) is 13.2 Å². The molecule has 0 aliphatic carbocycles. The number of benzene rings is 2. The van der Waals surface area contributed by atoms with Crippen LogP contribution < -0.4 is 15.2 Å². The molecule has 2 N–H and O–H groups in total. The topological polar surface area (TPSA) is 44.5 Å². The second-order valence-corrected chi connectivity index (χ2v) is 4.36. The van der Waals surface area contributed by atoms with Crippen molar-refractivity contribution in [2.24, 2.45) is 5.73 Å². The van der Waals surface area contributed by atoms with E-state index in [1.807, 2.05) is 48.5 Å². The van der Waals surface area contributed by atoms with Crippen LogP contribution in [0.1, 0.15) is 11.1 Å². The maximum atomic E-state index is 5.59. The first kappa shape index (κ1) is 13.4. The molecule has 0 spiro atoms. The first-order valence-electron chi connectivity index (χ1n) is 6.39. The van der Waals surface area contributed by atoms with E-state index in [9.17, 15) is 0 Å². The van der Waals surface area contributed by atoms with E-state index in [1.165, 1.54) is 5.56 Å². The molecule has 0 amide bonds. The van der Waals surface area contributed by atoms with Gasteiger partial charge in [0, 0.05) is 6.54 Å². The van der Waals surface area contributed by atoms with Gasteiger partial charge in [-0.3, -0.25) is 0 Å². The largest absolute Gasteiger partial charge is 0.490 e. The van der Waals surface area contributed by atoms with Gasteiger partial charge < -0.3 is 15.2 Å². The van der Waals surface area contributed by atoms with Crippen LogP contribution in [0.5, 0.6) is 11.5 Å². The van der Waals surface area contributed by atoms with E-state index in [0.29, 0.717) is 19.8 Å². The summed E-state index contributed by atoms with van der Waals surface area (Å²) >= 11 is 0. The SMILES string of the molecule is Cc1ccc(OCCOc2ccc(CN)cc2)cc1. The van der Waals surface area contributed by atoms with Crippen molar-refractivity contribution < 1.29 is 9.47 Å². The lowest BCUT2D eigenvalue weighted by molar-refractivity contribution is 0.217. The third-order valence-electron chi connectivity index (χ3n) is 2.80. The Kier molecular flexibility index (Phi) is 4.81. The minimum Gasteiger partial charge on any atom is -0.490 e. The molecule has 0 atom stereocenters. The van der Waals surface area contributed by atoms with Crippen LogP contribution in [0, 0.1) is 6.92 Å². The van der Waals surface area contributed by atoms with Crippen molar-refractivity contribution in [1.82, 2.24) is 0 Å². The van der Waals surface area contributed by atoms with Crippen molar-refractivity contribution in [3.05, 3.63) is 59.7 Å². The lowest BCUT2D eigenvalue weighted by atomic mass is 10.2. The molecule has 2 aromatic rings. The molecule has 3 heteroatoms. The summed E-state index contributed by atoms with van der Waals surface area (Å²) in [7, 11) is 0. The Hall–Kier alpha value is -2.00. The highest BCUT2D eigenvalue weighted by molar-refractivity contribution is 5.27. The highest BCUT2D eigenvalue weighted by Crippen LogP contribution is 2.13. The number of hydrogen-bond acceptors (Lipinski definition) is 3.